The summed E-state index contributed by atoms with van der Waals surface area (Å²) in [6.45, 7) is 2.29. The van der Waals surface area contributed by atoms with E-state index in [-0.39, 0.29) is 19.8 Å². The lowest BCUT2D eigenvalue weighted by atomic mass is 10.0. The fourth-order valence-electron chi connectivity index (χ4n) is 2.88. The van der Waals surface area contributed by atoms with E-state index in [4.69, 9.17) is 19.3 Å². The molecule has 0 radical (unpaired) electrons. The average Bonchev–Trinajstić information content (AvgIpc) is 2.77. The predicted molar refractivity (Wildman–Crippen MR) is 117 cm³/mol. The molecule has 2 rings (SSSR count). The molecule has 0 unspecified atom stereocenters. The van der Waals surface area contributed by atoms with Gasteiger partial charge in [0.05, 0.1) is 6.61 Å². The van der Waals surface area contributed by atoms with Crippen molar-refractivity contribution in [3.63, 3.8) is 0 Å². The Bertz CT molecular complexity index is 747. The largest absolute Gasteiger partial charge is 0.491 e. The number of hydrogen-bond donors (Lipinski definition) is 3. The van der Waals surface area contributed by atoms with Crippen molar-refractivity contribution in [1.29, 1.82) is 0 Å². The van der Waals surface area contributed by atoms with E-state index in [1.54, 1.807) is 36.0 Å². The molecule has 164 valence electrons. The number of hydrogen-bond acceptors (Lipinski definition) is 7. The Balaban J connectivity index is 2.16. The zero-order chi connectivity index (χ0) is 21.8. The number of ether oxygens (including phenoxy) is 3. The molecular formula is C22H29NO6S. The SMILES string of the molecule is CCO[C@H](CCO)[C@H](OC(=O)Nc1ccc(SC)cc1)c1ccc(OCCO)cc1. The monoisotopic (exact) mass is 435 g/mol. The van der Waals surface area contributed by atoms with Crippen molar-refractivity contribution in [2.24, 2.45) is 0 Å². The highest BCUT2D eigenvalue weighted by Crippen LogP contribution is 2.28. The van der Waals surface area contributed by atoms with Crippen LogP contribution in [-0.4, -0.2) is 55.1 Å². The summed E-state index contributed by atoms with van der Waals surface area (Å²) in [5, 5.41) is 21.0. The van der Waals surface area contributed by atoms with E-state index in [0.717, 1.165) is 4.90 Å². The molecule has 0 aliphatic heterocycles. The van der Waals surface area contributed by atoms with Crippen LogP contribution in [0.3, 0.4) is 0 Å². The maximum atomic E-state index is 12.6. The number of carbonyl (C=O) groups excluding carboxylic acids is 1. The fraction of sp³-hybridized carbons (Fsp3) is 0.409. The Labute approximate surface area is 181 Å². The van der Waals surface area contributed by atoms with E-state index in [2.05, 4.69) is 5.32 Å². The lowest BCUT2D eigenvalue weighted by Gasteiger charge is -2.27. The van der Waals surface area contributed by atoms with Crippen LogP contribution in [-0.2, 0) is 9.47 Å². The summed E-state index contributed by atoms with van der Waals surface area (Å²) in [5.74, 6) is 0.597. The molecular weight excluding hydrogens is 406 g/mol. The minimum Gasteiger partial charge on any atom is -0.491 e. The summed E-state index contributed by atoms with van der Waals surface area (Å²) in [6.07, 6.45) is 0.469. The maximum absolute atomic E-state index is 12.6. The summed E-state index contributed by atoms with van der Waals surface area (Å²) in [7, 11) is 0. The van der Waals surface area contributed by atoms with Gasteiger partial charge in [-0.15, -0.1) is 11.8 Å². The number of rotatable bonds is 12. The van der Waals surface area contributed by atoms with Crippen LogP contribution in [0.2, 0.25) is 0 Å². The van der Waals surface area contributed by atoms with E-state index in [1.807, 2.05) is 37.4 Å². The van der Waals surface area contributed by atoms with Gasteiger partial charge in [-0.1, -0.05) is 12.1 Å². The minimum atomic E-state index is -0.713. The highest BCUT2D eigenvalue weighted by molar-refractivity contribution is 7.98. The van der Waals surface area contributed by atoms with E-state index in [9.17, 15) is 9.90 Å². The van der Waals surface area contributed by atoms with Crippen LogP contribution in [0.5, 0.6) is 5.75 Å². The van der Waals surface area contributed by atoms with Gasteiger partial charge in [0.1, 0.15) is 18.5 Å². The van der Waals surface area contributed by atoms with Gasteiger partial charge in [-0.25, -0.2) is 4.79 Å². The maximum Gasteiger partial charge on any atom is 0.412 e. The number of amides is 1. The first-order chi connectivity index (χ1) is 14.6. The number of nitrogens with one attached hydrogen (secondary N) is 1. The first-order valence-corrected chi connectivity index (χ1v) is 11.0. The van der Waals surface area contributed by atoms with Gasteiger partial charge in [0, 0.05) is 30.2 Å². The molecule has 0 aliphatic carbocycles. The molecule has 2 aromatic carbocycles. The molecule has 7 nitrogen and oxygen atoms in total. The number of carbonyl (C=O) groups is 1. The molecule has 0 aromatic heterocycles. The van der Waals surface area contributed by atoms with Crippen molar-refractivity contribution in [2.45, 2.75) is 30.4 Å². The third-order valence-electron chi connectivity index (χ3n) is 4.27. The third kappa shape index (κ3) is 7.53. The van der Waals surface area contributed by atoms with Gasteiger partial charge in [0.15, 0.2) is 6.10 Å². The number of aliphatic hydroxyl groups excluding tert-OH is 2. The molecule has 1 amide bonds. The zero-order valence-corrected chi connectivity index (χ0v) is 18.1. The van der Waals surface area contributed by atoms with Gasteiger partial charge in [-0.05, 0) is 55.1 Å². The Kier molecular flexibility index (Phi) is 10.5. The van der Waals surface area contributed by atoms with Gasteiger partial charge in [-0.3, -0.25) is 5.32 Å². The minimum absolute atomic E-state index is 0.0749. The molecule has 0 aliphatic rings. The first kappa shape index (κ1) is 24.0. The van der Waals surface area contributed by atoms with Crippen molar-refractivity contribution < 1.29 is 29.2 Å². The van der Waals surface area contributed by atoms with Crippen molar-refractivity contribution in [3.8, 4) is 5.75 Å². The second kappa shape index (κ2) is 13.1. The van der Waals surface area contributed by atoms with Gasteiger partial charge < -0.3 is 24.4 Å². The molecule has 0 fully saturated rings. The van der Waals surface area contributed by atoms with E-state index < -0.39 is 18.3 Å². The number of anilines is 1. The van der Waals surface area contributed by atoms with Crippen molar-refractivity contribution in [2.75, 3.05) is 38.0 Å². The highest BCUT2D eigenvalue weighted by Gasteiger charge is 2.27. The second-order valence-corrected chi connectivity index (χ2v) is 7.21. The van der Waals surface area contributed by atoms with Gasteiger partial charge >= 0.3 is 6.09 Å². The van der Waals surface area contributed by atoms with Crippen LogP contribution in [0.1, 0.15) is 25.0 Å². The normalized spacial score (nSPS) is 12.8. The molecule has 8 heteroatoms. The molecule has 0 heterocycles. The summed E-state index contributed by atoms with van der Waals surface area (Å²) in [6, 6.07) is 14.5. The Morgan fingerprint density at radius 2 is 1.77 bits per heavy atom. The van der Waals surface area contributed by atoms with Crippen LogP contribution in [0.15, 0.2) is 53.4 Å². The number of benzene rings is 2. The van der Waals surface area contributed by atoms with Crippen LogP contribution < -0.4 is 10.1 Å². The standard InChI is InChI=1S/C22H29NO6S/c1-3-27-20(12-13-24)21(16-4-8-18(9-5-16)28-15-14-25)29-22(26)23-17-6-10-19(30-2)11-7-17/h4-11,20-21,24-25H,3,12-15H2,1-2H3,(H,23,26)/t20-,21-/m1/s1. The van der Waals surface area contributed by atoms with Crippen molar-refractivity contribution >= 4 is 23.5 Å². The van der Waals surface area contributed by atoms with Gasteiger partial charge in [-0.2, -0.15) is 0 Å². The Morgan fingerprint density at radius 1 is 1.07 bits per heavy atom. The summed E-state index contributed by atoms with van der Waals surface area (Å²) in [5.41, 5.74) is 1.34. The number of aliphatic hydroxyl groups is 2. The van der Waals surface area contributed by atoms with Crippen LogP contribution >= 0.6 is 11.8 Å². The Morgan fingerprint density at radius 3 is 2.33 bits per heavy atom. The van der Waals surface area contributed by atoms with Crippen LogP contribution in [0, 0.1) is 0 Å². The lowest BCUT2D eigenvalue weighted by molar-refractivity contribution is -0.0484. The van der Waals surface area contributed by atoms with Crippen LogP contribution in [0.4, 0.5) is 10.5 Å². The third-order valence-corrected chi connectivity index (χ3v) is 5.01. The van der Waals surface area contributed by atoms with E-state index in [1.165, 1.54) is 0 Å². The second-order valence-electron chi connectivity index (χ2n) is 6.33. The summed E-state index contributed by atoms with van der Waals surface area (Å²) < 4.78 is 16.8. The predicted octanol–water partition coefficient (Wildman–Crippen LogP) is 3.86. The first-order valence-electron chi connectivity index (χ1n) is 9.79. The summed E-state index contributed by atoms with van der Waals surface area (Å²) >= 11 is 1.62. The van der Waals surface area contributed by atoms with Crippen molar-refractivity contribution in [3.05, 3.63) is 54.1 Å². The fourth-order valence-corrected chi connectivity index (χ4v) is 3.28. The molecule has 0 bridgehead atoms. The average molecular weight is 436 g/mol. The van der Waals surface area contributed by atoms with E-state index >= 15 is 0 Å². The quantitative estimate of drug-likeness (QED) is 0.436. The number of thioether (sulfide) groups is 1. The van der Waals surface area contributed by atoms with Gasteiger partial charge in [0.2, 0.25) is 0 Å². The molecule has 2 aromatic rings. The summed E-state index contributed by atoms with van der Waals surface area (Å²) in [4.78, 5) is 13.7. The smallest absolute Gasteiger partial charge is 0.412 e. The van der Waals surface area contributed by atoms with Crippen molar-refractivity contribution in [1.82, 2.24) is 0 Å². The molecule has 30 heavy (non-hydrogen) atoms. The molecule has 0 spiro atoms. The molecule has 0 saturated carbocycles. The molecule has 2 atom stereocenters. The topological polar surface area (TPSA) is 97.2 Å². The molecule has 0 saturated heterocycles. The van der Waals surface area contributed by atoms with Crippen LogP contribution in [0.25, 0.3) is 0 Å². The van der Waals surface area contributed by atoms with Gasteiger partial charge in [0.25, 0.3) is 0 Å². The zero-order valence-electron chi connectivity index (χ0n) is 17.2. The molecule has 3 N–H and O–H groups in total. The highest BCUT2D eigenvalue weighted by atomic mass is 32.2. The lowest BCUT2D eigenvalue weighted by Crippen LogP contribution is -2.29. The van der Waals surface area contributed by atoms with E-state index in [0.29, 0.717) is 30.0 Å². The Hall–Kier alpha value is -2.26.